The number of aromatic amines is 1. The lowest BCUT2D eigenvalue weighted by molar-refractivity contribution is 0.970. The molecule has 0 aliphatic heterocycles. The third-order valence-electron chi connectivity index (χ3n) is 2.89. The van der Waals surface area contributed by atoms with Crippen LogP contribution in [0.5, 0.6) is 0 Å². The Hall–Kier alpha value is -2.20. The lowest BCUT2D eigenvalue weighted by Crippen LogP contribution is -2.02. The summed E-state index contributed by atoms with van der Waals surface area (Å²) >= 11 is 0. The van der Waals surface area contributed by atoms with Crippen LogP contribution in [0, 0.1) is 0 Å². The zero-order valence-corrected chi connectivity index (χ0v) is 9.93. The van der Waals surface area contributed by atoms with Crippen molar-refractivity contribution >= 4 is 11.0 Å². The fourth-order valence-corrected chi connectivity index (χ4v) is 2.00. The molecule has 0 unspecified atom stereocenters. The Bertz CT molecular complexity index is 658. The lowest BCUT2D eigenvalue weighted by atomic mass is 10.1. The van der Waals surface area contributed by atoms with Gasteiger partial charge in [0.05, 0.1) is 11.0 Å². The minimum atomic E-state index is 0.659. The van der Waals surface area contributed by atoms with Crippen LogP contribution in [0.1, 0.15) is 5.56 Å². The minimum Gasteiger partial charge on any atom is -0.337 e. The van der Waals surface area contributed by atoms with Gasteiger partial charge in [-0.25, -0.2) is 4.98 Å². The Morgan fingerprint density at radius 2 is 2.11 bits per heavy atom. The molecule has 0 aliphatic carbocycles. The van der Waals surface area contributed by atoms with Crippen LogP contribution in [0.15, 0.2) is 42.6 Å². The second kappa shape index (κ2) is 4.58. The van der Waals surface area contributed by atoms with Crippen LogP contribution in [0.4, 0.5) is 0 Å². The Kier molecular flexibility index (Phi) is 2.78. The normalized spacial score (nSPS) is 10.9. The van der Waals surface area contributed by atoms with Crippen molar-refractivity contribution < 1.29 is 0 Å². The molecule has 0 aliphatic rings. The second-order valence-electron chi connectivity index (χ2n) is 4.19. The van der Waals surface area contributed by atoms with Crippen molar-refractivity contribution in [1.29, 1.82) is 0 Å². The molecule has 0 saturated heterocycles. The highest BCUT2D eigenvalue weighted by atomic mass is 14.9. The number of hydrogen-bond donors (Lipinski definition) is 2. The number of H-pyrrole nitrogens is 1. The van der Waals surface area contributed by atoms with Crippen molar-refractivity contribution in [2.45, 2.75) is 6.42 Å². The van der Waals surface area contributed by atoms with E-state index in [2.05, 4.69) is 27.1 Å². The van der Waals surface area contributed by atoms with Gasteiger partial charge in [-0.15, -0.1) is 0 Å². The quantitative estimate of drug-likeness (QED) is 0.734. The molecule has 18 heavy (non-hydrogen) atoms. The van der Waals surface area contributed by atoms with Gasteiger partial charge in [0.1, 0.15) is 5.69 Å². The van der Waals surface area contributed by atoms with Gasteiger partial charge < -0.3 is 10.7 Å². The van der Waals surface area contributed by atoms with Gasteiger partial charge in [-0.3, -0.25) is 4.98 Å². The molecule has 0 radical (unpaired) electrons. The van der Waals surface area contributed by atoms with Crippen LogP contribution in [0.3, 0.4) is 0 Å². The molecule has 0 spiro atoms. The molecule has 4 heteroatoms. The molecular weight excluding hydrogens is 224 g/mol. The number of rotatable bonds is 3. The zero-order chi connectivity index (χ0) is 12.4. The topological polar surface area (TPSA) is 67.6 Å². The fourth-order valence-electron chi connectivity index (χ4n) is 2.00. The van der Waals surface area contributed by atoms with Crippen molar-refractivity contribution in [3.8, 4) is 11.5 Å². The summed E-state index contributed by atoms with van der Waals surface area (Å²) in [6, 6.07) is 12.0. The molecule has 3 aromatic rings. The summed E-state index contributed by atoms with van der Waals surface area (Å²) in [7, 11) is 0. The maximum Gasteiger partial charge on any atom is 0.157 e. The molecular formula is C14H14N4. The number of imidazole rings is 1. The van der Waals surface area contributed by atoms with Crippen molar-refractivity contribution in [3.63, 3.8) is 0 Å². The largest absolute Gasteiger partial charge is 0.337 e. The molecule has 2 aromatic heterocycles. The Morgan fingerprint density at radius 1 is 1.17 bits per heavy atom. The predicted molar refractivity (Wildman–Crippen MR) is 72.1 cm³/mol. The first kappa shape index (κ1) is 10.9. The maximum atomic E-state index is 5.57. The fraction of sp³-hybridized carbons (Fsp3) is 0.143. The van der Waals surface area contributed by atoms with Gasteiger partial charge in [0.2, 0.25) is 0 Å². The molecule has 0 amide bonds. The van der Waals surface area contributed by atoms with Crippen LogP contribution in [-0.2, 0) is 6.42 Å². The van der Waals surface area contributed by atoms with Crippen LogP contribution in [-0.4, -0.2) is 21.5 Å². The number of fused-ring (bicyclic) bond motifs is 1. The van der Waals surface area contributed by atoms with Crippen molar-refractivity contribution in [2.75, 3.05) is 6.54 Å². The summed E-state index contributed by atoms with van der Waals surface area (Å²) in [6.45, 7) is 0.659. The van der Waals surface area contributed by atoms with Crippen LogP contribution >= 0.6 is 0 Å². The summed E-state index contributed by atoms with van der Waals surface area (Å²) < 4.78 is 0. The first-order valence-corrected chi connectivity index (χ1v) is 5.97. The van der Waals surface area contributed by atoms with Crippen molar-refractivity contribution in [3.05, 3.63) is 48.2 Å². The molecule has 90 valence electrons. The summed E-state index contributed by atoms with van der Waals surface area (Å²) in [4.78, 5) is 12.1. The number of aromatic nitrogens is 3. The average molecular weight is 238 g/mol. The number of nitrogens with one attached hydrogen (secondary N) is 1. The highest BCUT2D eigenvalue weighted by molar-refractivity contribution is 5.79. The van der Waals surface area contributed by atoms with Crippen LogP contribution in [0.25, 0.3) is 22.6 Å². The molecule has 3 rings (SSSR count). The van der Waals surface area contributed by atoms with E-state index in [0.717, 1.165) is 29.0 Å². The summed E-state index contributed by atoms with van der Waals surface area (Å²) in [5.74, 6) is 0.801. The molecule has 0 saturated carbocycles. The summed E-state index contributed by atoms with van der Waals surface area (Å²) in [5, 5.41) is 0. The van der Waals surface area contributed by atoms with E-state index < -0.39 is 0 Å². The number of nitrogens with two attached hydrogens (primary N) is 1. The maximum absolute atomic E-state index is 5.57. The Labute approximate surface area is 105 Å². The number of benzene rings is 1. The third-order valence-corrected chi connectivity index (χ3v) is 2.89. The zero-order valence-electron chi connectivity index (χ0n) is 9.93. The number of pyridine rings is 1. The molecule has 0 atom stereocenters. The molecule has 4 nitrogen and oxygen atoms in total. The van der Waals surface area contributed by atoms with E-state index in [-0.39, 0.29) is 0 Å². The standard InChI is InChI=1S/C14H14N4/c15-7-6-10-4-5-11-13(9-10)18-14(17-11)12-3-1-2-8-16-12/h1-5,8-9H,6-7,15H2,(H,17,18). The number of hydrogen-bond acceptors (Lipinski definition) is 3. The first-order valence-electron chi connectivity index (χ1n) is 5.97. The average Bonchev–Trinajstić information content (AvgIpc) is 2.83. The van der Waals surface area contributed by atoms with E-state index in [0.29, 0.717) is 6.54 Å². The van der Waals surface area contributed by atoms with E-state index in [1.165, 1.54) is 5.56 Å². The predicted octanol–water partition coefficient (Wildman–Crippen LogP) is 2.13. The van der Waals surface area contributed by atoms with E-state index in [1.54, 1.807) is 6.20 Å². The SMILES string of the molecule is NCCc1ccc2nc(-c3ccccn3)[nH]c2c1. The number of nitrogens with zero attached hydrogens (tertiary/aromatic N) is 2. The van der Waals surface area contributed by atoms with Crippen molar-refractivity contribution in [1.82, 2.24) is 15.0 Å². The van der Waals surface area contributed by atoms with Crippen LogP contribution in [0.2, 0.25) is 0 Å². The first-order chi connectivity index (χ1) is 8.86. The molecule has 0 fully saturated rings. The van der Waals surface area contributed by atoms with Gasteiger partial charge >= 0.3 is 0 Å². The summed E-state index contributed by atoms with van der Waals surface area (Å²) in [6.07, 6.45) is 2.65. The Balaban J connectivity index is 2.06. The minimum absolute atomic E-state index is 0.659. The van der Waals surface area contributed by atoms with E-state index >= 15 is 0 Å². The molecule has 3 N–H and O–H groups in total. The van der Waals surface area contributed by atoms with Gasteiger partial charge in [-0.1, -0.05) is 12.1 Å². The van der Waals surface area contributed by atoms with Crippen LogP contribution < -0.4 is 5.73 Å². The highest BCUT2D eigenvalue weighted by Gasteiger charge is 2.06. The molecule has 2 heterocycles. The van der Waals surface area contributed by atoms with E-state index in [4.69, 9.17) is 5.73 Å². The van der Waals surface area contributed by atoms with E-state index in [1.807, 2.05) is 24.3 Å². The van der Waals surface area contributed by atoms with Gasteiger partial charge in [-0.2, -0.15) is 0 Å². The molecule has 1 aromatic carbocycles. The van der Waals surface area contributed by atoms with Gasteiger partial charge in [0.25, 0.3) is 0 Å². The molecule has 0 bridgehead atoms. The Morgan fingerprint density at radius 3 is 2.89 bits per heavy atom. The second-order valence-corrected chi connectivity index (χ2v) is 4.19. The summed E-state index contributed by atoms with van der Waals surface area (Å²) in [5.41, 5.74) is 9.63. The lowest BCUT2D eigenvalue weighted by Gasteiger charge is -1.96. The highest BCUT2D eigenvalue weighted by Crippen LogP contribution is 2.19. The van der Waals surface area contributed by atoms with Gasteiger partial charge in [0, 0.05) is 6.20 Å². The van der Waals surface area contributed by atoms with Gasteiger partial charge in [0.15, 0.2) is 5.82 Å². The monoisotopic (exact) mass is 238 g/mol. The van der Waals surface area contributed by atoms with Gasteiger partial charge in [-0.05, 0) is 42.8 Å². The van der Waals surface area contributed by atoms with E-state index in [9.17, 15) is 0 Å². The smallest absolute Gasteiger partial charge is 0.157 e. The van der Waals surface area contributed by atoms with Crippen molar-refractivity contribution in [2.24, 2.45) is 5.73 Å². The third kappa shape index (κ3) is 1.98.